The minimum atomic E-state index is 0.0244. The van der Waals surface area contributed by atoms with E-state index in [9.17, 15) is 4.79 Å². The van der Waals surface area contributed by atoms with E-state index in [4.69, 9.17) is 0 Å². The fourth-order valence-corrected chi connectivity index (χ4v) is 6.53. The molecule has 4 aliphatic carbocycles. The van der Waals surface area contributed by atoms with Crippen LogP contribution in [0.4, 0.5) is 0 Å². The van der Waals surface area contributed by atoms with Crippen LogP contribution in [0.5, 0.6) is 0 Å². The van der Waals surface area contributed by atoms with Crippen molar-refractivity contribution in [2.75, 3.05) is 0 Å². The van der Waals surface area contributed by atoms with Crippen molar-refractivity contribution in [3.63, 3.8) is 0 Å². The molecule has 1 amide bonds. The molecule has 2 aromatic heterocycles. The molecule has 4 fully saturated rings. The third-order valence-corrected chi connectivity index (χ3v) is 7.09. The van der Waals surface area contributed by atoms with Gasteiger partial charge in [-0.25, -0.2) is 4.52 Å². The van der Waals surface area contributed by atoms with E-state index in [1.54, 1.807) is 10.7 Å². The second-order valence-electron chi connectivity index (χ2n) is 8.78. The number of fused-ring (bicyclic) bond motifs is 1. The highest BCUT2D eigenvalue weighted by atomic mass is 16.1. The Hall–Kier alpha value is -1.78. The van der Waals surface area contributed by atoms with Crippen LogP contribution in [0, 0.1) is 17.3 Å². The monoisotopic (exact) mass is 326 g/mol. The zero-order valence-electron chi connectivity index (χ0n) is 14.6. The van der Waals surface area contributed by atoms with Gasteiger partial charge in [-0.1, -0.05) is 13.3 Å². The number of aromatic nitrogens is 3. The molecule has 0 aliphatic heterocycles. The number of carbonyl (C=O) groups excluding carboxylic acids is 1. The molecule has 5 nitrogen and oxygen atoms in total. The van der Waals surface area contributed by atoms with Crippen LogP contribution in [0.3, 0.4) is 0 Å². The molecule has 4 bridgehead atoms. The van der Waals surface area contributed by atoms with Crippen LogP contribution in [0.2, 0.25) is 0 Å². The standard InChI is InChI=1S/C19H26N4O/c1-3-18-7-13-6-14(8-18)10-19(9-13,12-18)21-16(24)15-11-20-23-5-4-22(2)17(15)23/h4-5,11,13-14H,3,6-10,12H2,1-2H3,(H,21,24)/t13-,14-,18?,19?/m1/s1. The molecule has 128 valence electrons. The first-order valence-electron chi connectivity index (χ1n) is 9.33. The maximum atomic E-state index is 13.1. The maximum absolute atomic E-state index is 13.1. The maximum Gasteiger partial charge on any atom is 0.257 e. The van der Waals surface area contributed by atoms with Gasteiger partial charge in [0.25, 0.3) is 5.91 Å². The van der Waals surface area contributed by atoms with Gasteiger partial charge in [-0.2, -0.15) is 5.10 Å². The highest BCUT2D eigenvalue weighted by Gasteiger charge is 2.57. The Morgan fingerprint density at radius 2 is 2.04 bits per heavy atom. The summed E-state index contributed by atoms with van der Waals surface area (Å²) in [4.78, 5) is 13.1. The molecule has 4 saturated carbocycles. The molecule has 0 aromatic carbocycles. The second-order valence-corrected chi connectivity index (χ2v) is 8.78. The summed E-state index contributed by atoms with van der Waals surface area (Å²) in [6.45, 7) is 2.34. The van der Waals surface area contributed by atoms with Crippen LogP contribution in [0.25, 0.3) is 5.65 Å². The average molecular weight is 326 g/mol. The van der Waals surface area contributed by atoms with Crippen LogP contribution in [0.1, 0.15) is 62.2 Å². The van der Waals surface area contributed by atoms with E-state index in [0.717, 1.165) is 17.5 Å². The number of hydrogen-bond acceptors (Lipinski definition) is 2. The van der Waals surface area contributed by atoms with Crippen molar-refractivity contribution in [1.82, 2.24) is 19.5 Å². The molecule has 2 aromatic rings. The number of nitrogens with zero attached hydrogens (tertiary/aromatic N) is 3. The largest absolute Gasteiger partial charge is 0.346 e. The van der Waals surface area contributed by atoms with Gasteiger partial charge in [-0.15, -0.1) is 0 Å². The lowest BCUT2D eigenvalue weighted by Gasteiger charge is -2.62. The molecular weight excluding hydrogens is 300 g/mol. The van der Waals surface area contributed by atoms with Crippen LogP contribution in [-0.4, -0.2) is 25.6 Å². The minimum absolute atomic E-state index is 0.0244. The fraction of sp³-hybridized carbons (Fsp3) is 0.684. The lowest BCUT2D eigenvalue weighted by atomic mass is 9.46. The van der Waals surface area contributed by atoms with Crippen molar-refractivity contribution in [3.8, 4) is 0 Å². The van der Waals surface area contributed by atoms with E-state index in [1.807, 2.05) is 24.0 Å². The van der Waals surface area contributed by atoms with E-state index >= 15 is 0 Å². The van der Waals surface area contributed by atoms with Crippen molar-refractivity contribution in [3.05, 3.63) is 24.2 Å². The molecule has 0 unspecified atom stereocenters. The van der Waals surface area contributed by atoms with Gasteiger partial charge >= 0.3 is 0 Å². The van der Waals surface area contributed by atoms with E-state index in [0.29, 0.717) is 11.0 Å². The summed E-state index contributed by atoms with van der Waals surface area (Å²) in [6, 6.07) is 0. The number of rotatable bonds is 3. The van der Waals surface area contributed by atoms with Gasteiger partial charge in [-0.05, 0) is 55.8 Å². The lowest BCUT2D eigenvalue weighted by molar-refractivity contribution is -0.0794. The first-order valence-corrected chi connectivity index (χ1v) is 9.33. The number of hydrogen-bond donors (Lipinski definition) is 1. The summed E-state index contributed by atoms with van der Waals surface area (Å²) < 4.78 is 3.75. The van der Waals surface area contributed by atoms with Crippen LogP contribution in [-0.2, 0) is 7.05 Å². The van der Waals surface area contributed by atoms with Crippen molar-refractivity contribution < 1.29 is 4.79 Å². The van der Waals surface area contributed by atoms with Gasteiger partial charge in [0.1, 0.15) is 11.2 Å². The second kappa shape index (κ2) is 4.64. The molecule has 4 aliphatic rings. The van der Waals surface area contributed by atoms with Crippen molar-refractivity contribution in [2.24, 2.45) is 24.3 Å². The van der Waals surface area contributed by atoms with Crippen LogP contribution >= 0.6 is 0 Å². The topological polar surface area (TPSA) is 51.3 Å². The van der Waals surface area contributed by atoms with Gasteiger partial charge in [0.15, 0.2) is 0 Å². The van der Waals surface area contributed by atoms with E-state index in [2.05, 4.69) is 17.3 Å². The van der Waals surface area contributed by atoms with Gasteiger partial charge in [0.05, 0.1) is 6.20 Å². The molecule has 0 spiro atoms. The summed E-state index contributed by atoms with van der Waals surface area (Å²) in [7, 11) is 1.96. The van der Waals surface area contributed by atoms with Crippen LogP contribution in [0.15, 0.2) is 18.6 Å². The van der Waals surface area contributed by atoms with Crippen molar-refractivity contribution in [2.45, 2.75) is 57.4 Å². The molecule has 0 radical (unpaired) electrons. The van der Waals surface area contributed by atoms with Crippen molar-refractivity contribution >= 4 is 11.6 Å². The molecule has 1 N–H and O–H groups in total. The Bertz CT molecular complexity index is 803. The Morgan fingerprint density at radius 1 is 1.29 bits per heavy atom. The highest BCUT2D eigenvalue weighted by molar-refractivity contribution is 6.00. The zero-order chi connectivity index (χ0) is 16.5. The smallest absolute Gasteiger partial charge is 0.257 e. The Labute approximate surface area is 142 Å². The SMILES string of the molecule is CCC12C[C@H]3C[C@H](C1)CC(NC(=O)c1cnn4ccn(C)c14)(C3)C2. The van der Waals surface area contributed by atoms with Gasteiger partial charge in [0, 0.05) is 25.0 Å². The Morgan fingerprint density at radius 3 is 2.75 bits per heavy atom. The van der Waals surface area contributed by atoms with Crippen LogP contribution < -0.4 is 5.32 Å². The third kappa shape index (κ3) is 1.93. The molecule has 24 heavy (non-hydrogen) atoms. The number of nitrogens with one attached hydrogen (secondary N) is 1. The summed E-state index contributed by atoms with van der Waals surface area (Å²) in [5, 5.41) is 7.81. The van der Waals surface area contributed by atoms with Gasteiger partial charge in [0.2, 0.25) is 0 Å². The number of carbonyl (C=O) groups is 1. The Kier molecular flexibility index (Phi) is 2.82. The minimum Gasteiger partial charge on any atom is -0.346 e. The van der Waals surface area contributed by atoms with E-state index in [1.165, 1.54) is 44.9 Å². The molecule has 6 rings (SSSR count). The van der Waals surface area contributed by atoms with E-state index in [-0.39, 0.29) is 11.4 Å². The zero-order valence-corrected chi connectivity index (χ0v) is 14.6. The average Bonchev–Trinajstić information content (AvgIpc) is 3.09. The molecule has 2 heterocycles. The summed E-state index contributed by atoms with van der Waals surface area (Å²) >= 11 is 0. The van der Waals surface area contributed by atoms with E-state index < -0.39 is 0 Å². The lowest BCUT2D eigenvalue weighted by Crippen LogP contribution is -2.63. The first-order chi connectivity index (χ1) is 11.5. The fourth-order valence-electron chi connectivity index (χ4n) is 6.53. The van der Waals surface area contributed by atoms with Gasteiger partial charge in [-0.3, -0.25) is 4.79 Å². The predicted molar refractivity (Wildman–Crippen MR) is 91.8 cm³/mol. The summed E-state index contributed by atoms with van der Waals surface area (Å²) in [5.74, 6) is 1.68. The Balaban J connectivity index is 1.47. The van der Waals surface area contributed by atoms with Crippen molar-refractivity contribution in [1.29, 1.82) is 0 Å². The third-order valence-electron chi connectivity index (χ3n) is 7.09. The normalized spacial score (nSPS) is 37.2. The summed E-state index contributed by atoms with van der Waals surface area (Å²) in [5.41, 5.74) is 2.08. The van der Waals surface area contributed by atoms with Gasteiger partial charge < -0.3 is 9.88 Å². The number of imidazole rings is 1. The molecule has 5 heteroatoms. The summed E-state index contributed by atoms with van der Waals surface area (Å²) in [6.07, 6.45) is 14.5. The number of aryl methyl sites for hydroxylation is 1. The molecular formula is C19H26N4O. The quantitative estimate of drug-likeness (QED) is 0.942. The highest BCUT2D eigenvalue weighted by Crippen LogP contribution is 2.62. The molecule has 0 saturated heterocycles. The first kappa shape index (κ1) is 14.6. The molecule has 2 atom stereocenters. The number of amides is 1. The predicted octanol–water partition coefficient (Wildman–Crippen LogP) is 3.15.